The number of benzene rings is 2. The highest BCUT2D eigenvalue weighted by Gasteiger charge is 2.17. The summed E-state index contributed by atoms with van der Waals surface area (Å²) in [6.07, 6.45) is -1.27. The fourth-order valence-electron chi connectivity index (χ4n) is 1.64. The average Bonchev–Trinajstić information content (AvgIpc) is 2.30. The minimum atomic E-state index is -1.27. The molecular weight excluding hydrogens is 325 g/mol. The van der Waals surface area contributed by atoms with E-state index in [2.05, 4.69) is 15.9 Å². The number of aliphatic hydroxyl groups excluding tert-OH is 1. The zero-order valence-corrected chi connectivity index (χ0v) is 11.3. The van der Waals surface area contributed by atoms with E-state index in [9.17, 15) is 13.9 Å². The van der Waals surface area contributed by atoms with E-state index in [1.807, 2.05) is 0 Å². The average molecular weight is 334 g/mol. The molecule has 1 nitrogen and oxygen atoms in total. The molecule has 5 heteroatoms. The largest absolute Gasteiger partial charge is 0.384 e. The summed E-state index contributed by atoms with van der Waals surface area (Å²) in [6.45, 7) is 0. The van der Waals surface area contributed by atoms with Crippen molar-refractivity contribution in [1.82, 2.24) is 0 Å². The second-order valence-corrected chi connectivity index (χ2v) is 5.04. The molecular formula is C13H8BrClF2O. The number of aliphatic hydroxyl groups is 1. The second-order valence-electron chi connectivity index (χ2n) is 3.75. The van der Waals surface area contributed by atoms with Crippen molar-refractivity contribution in [1.29, 1.82) is 0 Å². The van der Waals surface area contributed by atoms with Crippen LogP contribution in [0.5, 0.6) is 0 Å². The zero-order valence-electron chi connectivity index (χ0n) is 9.00. The van der Waals surface area contributed by atoms with Crippen LogP contribution in [0.25, 0.3) is 0 Å². The minimum Gasteiger partial charge on any atom is -0.384 e. The highest BCUT2D eigenvalue weighted by molar-refractivity contribution is 9.10. The molecule has 2 aromatic rings. The molecule has 0 aliphatic rings. The summed E-state index contributed by atoms with van der Waals surface area (Å²) in [5, 5.41) is 10.2. The molecule has 0 fully saturated rings. The molecule has 1 atom stereocenters. The minimum absolute atomic E-state index is 0.0611. The van der Waals surface area contributed by atoms with Crippen molar-refractivity contribution in [2.24, 2.45) is 0 Å². The lowest BCUT2D eigenvalue weighted by molar-refractivity contribution is 0.214. The van der Waals surface area contributed by atoms with Crippen LogP contribution < -0.4 is 0 Å². The van der Waals surface area contributed by atoms with Gasteiger partial charge < -0.3 is 5.11 Å². The molecule has 1 unspecified atom stereocenters. The second kappa shape index (κ2) is 5.34. The van der Waals surface area contributed by atoms with Gasteiger partial charge in [-0.2, -0.15) is 0 Å². The summed E-state index contributed by atoms with van der Waals surface area (Å²) in [5.74, 6) is -1.16. The maximum atomic E-state index is 13.8. The lowest BCUT2D eigenvalue weighted by Crippen LogP contribution is -2.03. The standard InChI is InChI=1S/C13H8BrClF2O/c14-11-3-1-2-10(12(11)17)13(18)7-4-8(15)6-9(16)5-7/h1-6,13,18H. The molecule has 0 aromatic heterocycles. The molecule has 0 aliphatic heterocycles. The van der Waals surface area contributed by atoms with Gasteiger partial charge in [-0.1, -0.05) is 23.7 Å². The molecule has 1 N–H and O–H groups in total. The maximum Gasteiger partial charge on any atom is 0.143 e. The Morgan fingerprint density at radius 3 is 2.56 bits per heavy atom. The number of hydrogen-bond acceptors (Lipinski definition) is 1. The van der Waals surface area contributed by atoms with E-state index >= 15 is 0 Å². The van der Waals surface area contributed by atoms with E-state index in [4.69, 9.17) is 11.6 Å². The summed E-state index contributed by atoms with van der Waals surface area (Å²) < 4.78 is 27.2. The summed E-state index contributed by atoms with van der Waals surface area (Å²) in [5.41, 5.74) is 0.267. The highest BCUT2D eigenvalue weighted by Crippen LogP contribution is 2.29. The number of halogens is 4. The van der Waals surface area contributed by atoms with Gasteiger partial charge in [0.15, 0.2) is 0 Å². The number of rotatable bonds is 2. The van der Waals surface area contributed by atoms with Gasteiger partial charge in [-0.05, 0) is 45.8 Å². The molecule has 0 bridgehead atoms. The smallest absolute Gasteiger partial charge is 0.143 e. The summed E-state index contributed by atoms with van der Waals surface area (Å²) in [4.78, 5) is 0. The van der Waals surface area contributed by atoms with E-state index in [1.54, 1.807) is 6.07 Å². The van der Waals surface area contributed by atoms with Gasteiger partial charge in [-0.15, -0.1) is 0 Å². The summed E-state index contributed by atoms with van der Waals surface area (Å²) in [6, 6.07) is 8.18. The van der Waals surface area contributed by atoms with Gasteiger partial charge in [0.05, 0.1) is 4.47 Å². The first-order valence-electron chi connectivity index (χ1n) is 5.07. The van der Waals surface area contributed by atoms with E-state index < -0.39 is 17.7 Å². The lowest BCUT2D eigenvalue weighted by atomic mass is 10.0. The Balaban J connectivity index is 2.47. The van der Waals surface area contributed by atoms with Crippen LogP contribution in [0.15, 0.2) is 40.9 Å². The Kier molecular flexibility index (Phi) is 4.00. The Hall–Kier alpha value is -0.970. The van der Waals surface area contributed by atoms with E-state index in [-0.39, 0.29) is 20.6 Å². The quantitative estimate of drug-likeness (QED) is 0.860. The molecule has 0 heterocycles. The molecule has 0 aliphatic carbocycles. The topological polar surface area (TPSA) is 20.2 Å². The van der Waals surface area contributed by atoms with Crippen LogP contribution in [0.4, 0.5) is 8.78 Å². The van der Waals surface area contributed by atoms with Crippen LogP contribution in [0.2, 0.25) is 5.02 Å². The van der Waals surface area contributed by atoms with Crippen LogP contribution in [0.3, 0.4) is 0 Å². The molecule has 0 amide bonds. The fraction of sp³-hybridized carbons (Fsp3) is 0.0769. The Morgan fingerprint density at radius 1 is 1.17 bits per heavy atom. The van der Waals surface area contributed by atoms with Crippen molar-refractivity contribution in [3.8, 4) is 0 Å². The Morgan fingerprint density at radius 2 is 1.89 bits per heavy atom. The van der Waals surface area contributed by atoms with Gasteiger partial charge in [-0.3, -0.25) is 0 Å². The van der Waals surface area contributed by atoms with E-state index in [0.29, 0.717) is 0 Å². The van der Waals surface area contributed by atoms with Crippen LogP contribution in [-0.2, 0) is 0 Å². The first-order chi connectivity index (χ1) is 8.49. The molecule has 0 saturated heterocycles. The SMILES string of the molecule is OC(c1cc(F)cc(Cl)c1)c1cccc(Br)c1F. The lowest BCUT2D eigenvalue weighted by Gasteiger charge is -2.13. The van der Waals surface area contributed by atoms with Crippen molar-refractivity contribution in [3.63, 3.8) is 0 Å². The van der Waals surface area contributed by atoms with Crippen LogP contribution in [-0.4, -0.2) is 5.11 Å². The van der Waals surface area contributed by atoms with Crippen LogP contribution >= 0.6 is 27.5 Å². The third kappa shape index (κ3) is 2.71. The van der Waals surface area contributed by atoms with E-state index in [1.165, 1.54) is 18.2 Å². The van der Waals surface area contributed by atoms with Gasteiger partial charge in [0, 0.05) is 10.6 Å². The fourth-order valence-corrected chi connectivity index (χ4v) is 2.26. The molecule has 2 rings (SSSR count). The van der Waals surface area contributed by atoms with Crippen molar-refractivity contribution in [3.05, 3.63) is 68.7 Å². The predicted octanol–water partition coefficient (Wildman–Crippen LogP) is 4.46. The molecule has 18 heavy (non-hydrogen) atoms. The molecule has 0 saturated carbocycles. The van der Waals surface area contributed by atoms with Gasteiger partial charge in [0.25, 0.3) is 0 Å². The van der Waals surface area contributed by atoms with Crippen molar-refractivity contribution < 1.29 is 13.9 Å². The molecule has 0 radical (unpaired) electrons. The highest BCUT2D eigenvalue weighted by atomic mass is 79.9. The first kappa shape index (κ1) is 13.5. The van der Waals surface area contributed by atoms with Crippen molar-refractivity contribution in [2.75, 3.05) is 0 Å². The third-order valence-corrected chi connectivity index (χ3v) is 3.31. The normalized spacial score (nSPS) is 12.5. The van der Waals surface area contributed by atoms with Gasteiger partial charge >= 0.3 is 0 Å². The Labute approximate surface area is 116 Å². The van der Waals surface area contributed by atoms with Gasteiger partial charge in [-0.25, -0.2) is 8.78 Å². The van der Waals surface area contributed by atoms with Gasteiger partial charge in [0.2, 0.25) is 0 Å². The van der Waals surface area contributed by atoms with Crippen molar-refractivity contribution >= 4 is 27.5 Å². The van der Waals surface area contributed by atoms with Crippen LogP contribution in [0.1, 0.15) is 17.2 Å². The molecule has 0 spiro atoms. The molecule has 94 valence electrons. The zero-order chi connectivity index (χ0) is 13.3. The van der Waals surface area contributed by atoms with Crippen LogP contribution in [0, 0.1) is 11.6 Å². The number of hydrogen-bond donors (Lipinski definition) is 1. The molecule has 2 aromatic carbocycles. The predicted molar refractivity (Wildman–Crippen MR) is 69.6 cm³/mol. The monoisotopic (exact) mass is 332 g/mol. The Bertz CT molecular complexity index is 569. The maximum absolute atomic E-state index is 13.8. The summed E-state index contributed by atoms with van der Waals surface area (Å²) >= 11 is 8.73. The summed E-state index contributed by atoms with van der Waals surface area (Å²) in [7, 11) is 0. The van der Waals surface area contributed by atoms with Crippen molar-refractivity contribution in [2.45, 2.75) is 6.10 Å². The van der Waals surface area contributed by atoms with E-state index in [0.717, 1.165) is 12.1 Å². The van der Waals surface area contributed by atoms with Gasteiger partial charge in [0.1, 0.15) is 17.7 Å². The first-order valence-corrected chi connectivity index (χ1v) is 6.24. The third-order valence-electron chi connectivity index (χ3n) is 2.48.